The van der Waals surface area contributed by atoms with E-state index in [2.05, 4.69) is 12.0 Å². The summed E-state index contributed by atoms with van der Waals surface area (Å²) < 4.78 is 6.85. The van der Waals surface area contributed by atoms with Gasteiger partial charge in [0, 0.05) is 20.2 Å². The zero-order chi connectivity index (χ0) is 12.1. The van der Waals surface area contributed by atoms with E-state index in [-0.39, 0.29) is 6.04 Å². The number of hydrogen-bond acceptors (Lipinski definition) is 3. The Balaban J connectivity index is 2.63. The van der Waals surface area contributed by atoms with Crippen LogP contribution in [0.25, 0.3) is 0 Å². The summed E-state index contributed by atoms with van der Waals surface area (Å²) in [7, 11) is 3.58. The molecule has 1 rings (SSSR count). The molecule has 92 valence electrons. The quantitative estimate of drug-likeness (QED) is 0.827. The molecule has 5 heteroatoms. The third-order valence-electron chi connectivity index (χ3n) is 2.64. The number of hydrogen-bond donors (Lipinski definition) is 1. The van der Waals surface area contributed by atoms with Crippen LogP contribution in [-0.4, -0.2) is 29.5 Å². The highest BCUT2D eigenvalue weighted by atomic mass is 35.5. The van der Waals surface area contributed by atoms with Gasteiger partial charge < -0.3 is 10.5 Å². The third kappa shape index (κ3) is 3.20. The normalized spacial score (nSPS) is 13.1. The molecule has 1 unspecified atom stereocenters. The second kappa shape index (κ2) is 6.23. The summed E-state index contributed by atoms with van der Waals surface area (Å²) in [5, 5.41) is 5.15. The first-order chi connectivity index (χ1) is 7.60. The minimum Gasteiger partial charge on any atom is -0.383 e. The van der Waals surface area contributed by atoms with Gasteiger partial charge in [-0.15, -0.1) is 0 Å². The molecule has 0 saturated heterocycles. The minimum absolute atomic E-state index is 0.0565. The molecule has 1 aromatic heterocycles. The van der Waals surface area contributed by atoms with E-state index in [1.807, 2.05) is 11.7 Å². The number of ether oxygens (including phenoxy) is 1. The Bertz CT molecular complexity index is 338. The number of methoxy groups -OCH3 is 1. The van der Waals surface area contributed by atoms with Crippen LogP contribution in [-0.2, 0) is 24.6 Å². The Hall–Kier alpha value is -0.580. The molecule has 1 heterocycles. The molecule has 0 aliphatic rings. The molecule has 0 spiro atoms. The Morgan fingerprint density at radius 1 is 1.56 bits per heavy atom. The van der Waals surface area contributed by atoms with Gasteiger partial charge in [-0.05, 0) is 19.3 Å². The zero-order valence-electron chi connectivity index (χ0n) is 10.2. The molecule has 16 heavy (non-hydrogen) atoms. The number of rotatable bonds is 6. The molecular weight excluding hydrogens is 226 g/mol. The van der Waals surface area contributed by atoms with Crippen molar-refractivity contribution >= 4 is 11.6 Å². The maximum absolute atomic E-state index is 6.23. The Labute approximate surface area is 102 Å². The van der Waals surface area contributed by atoms with Gasteiger partial charge in [-0.25, -0.2) is 0 Å². The van der Waals surface area contributed by atoms with E-state index in [9.17, 15) is 0 Å². The van der Waals surface area contributed by atoms with Gasteiger partial charge in [0.2, 0.25) is 0 Å². The van der Waals surface area contributed by atoms with E-state index >= 15 is 0 Å². The second-order valence-corrected chi connectivity index (χ2v) is 4.32. The van der Waals surface area contributed by atoms with Gasteiger partial charge in [-0.3, -0.25) is 4.68 Å². The summed E-state index contributed by atoms with van der Waals surface area (Å²) in [5.41, 5.74) is 7.89. The van der Waals surface area contributed by atoms with Crippen molar-refractivity contribution in [2.45, 2.75) is 32.2 Å². The second-order valence-electron chi connectivity index (χ2n) is 3.94. The molecule has 0 bridgehead atoms. The van der Waals surface area contributed by atoms with E-state index in [1.54, 1.807) is 7.11 Å². The Morgan fingerprint density at radius 2 is 2.25 bits per heavy atom. The van der Waals surface area contributed by atoms with E-state index in [0.29, 0.717) is 6.61 Å². The highest BCUT2D eigenvalue weighted by molar-refractivity contribution is 6.31. The molecule has 0 aromatic carbocycles. The van der Waals surface area contributed by atoms with Crippen molar-refractivity contribution in [3.63, 3.8) is 0 Å². The standard InChI is InChI=1S/C11H20ClN3O/c1-4-9-11(12)10(15(2)14-9)6-5-8(13)7-16-3/h8H,4-7,13H2,1-3H3. The predicted octanol–water partition coefficient (Wildman–Crippen LogP) is 1.54. The van der Waals surface area contributed by atoms with E-state index in [1.165, 1.54) is 0 Å². The molecule has 1 aromatic rings. The van der Waals surface area contributed by atoms with Crippen LogP contribution in [0.3, 0.4) is 0 Å². The van der Waals surface area contributed by atoms with Crippen LogP contribution in [0.1, 0.15) is 24.7 Å². The van der Waals surface area contributed by atoms with Gasteiger partial charge in [0.25, 0.3) is 0 Å². The molecule has 2 N–H and O–H groups in total. The molecule has 4 nitrogen and oxygen atoms in total. The molecule has 0 radical (unpaired) electrons. The van der Waals surface area contributed by atoms with Crippen LogP contribution < -0.4 is 5.73 Å². The first kappa shape index (κ1) is 13.5. The summed E-state index contributed by atoms with van der Waals surface area (Å²) in [6.45, 7) is 2.63. The molecule has 0 aliphatic heterocycles. The van der Waals surface area contributed by atoms with Crippen molar-refractivity contribution in [2.24, 2.45) is 12.8 Å². The van der Waals surface area contributed by atoms with E-state index < -0.39 is 0 Å². The van der Waals surface area contributed by atoms with Gasteiger partial charge in [0.15, 0.2) is 0 Å². The summed E-state index contributed by atoms with van der Waals surface area (Å²) in [6.07, 6.45) is 2.56. The number of aryl methyl sites for hydroxylation is 2. The molecule has 1 atom stereocenters. The lowest BCUT2D eigenvalue weighted by atomic mass is 10.1. The topological polar surface area (TPSA) is 53.1 Å². The number of nitrogens with two attached hydrogens (primary N) is 1. The highest BCUT2D eigenvalue weighted by Gasteiger charge is 2.13. The first-order valence-corrected chi connectivity index (χ1v) is 5.92. The fraction of sp³-hybridized carbons (Fsp3) is 0.727. The molecule has 0 aliphatic carbocycles. The average molecular weight is 246 g/mol. The van der Waals surface area contributed by atoms with E-state index in [0.717, 1.165) is 35.7 Å². The lowest BCUT2D eigenvalue weighted by Crippen LogP contribution is -2.26. The fourth-order valence-electron chi connectivity index (χ4n) is 1.71. The van der Waals surface area contributed by atoms with Crippen molar-refractivity contribution in [2.75, 3.05) is 13.7 Å². The van der Waals surface area contributed by atoms with Gasteiger partial charge >= 0.3 is 0 Å². The smallest absolute Gasteiger partial charge is 0.0849 e. The number of nitrogens with zero attached hydrogens (tertiary/aromatic N) is 2. The van der Waals surface area contributed by atoms with Crippen molar-refractivity contribution in [1.82, 2.24) is 9.78 Å². The molecule has 0 amide bonds. The van der Waals surface area contributed by atoms with E-state index in [4.69, 9.17) is 22.1 Å². The SMILES string of the molecule is CCc1nn(C)c(CCC(N)COC)c1Cl. The summed E-state index contributed by atoms with van der Waals surface area (Å²) >= 11 is 6.23. The summed E-state index contributed by atoms with van der Waals surface area (Å²) in [6, 6.07) is 0.0565. The maximum Gasteiger partial charge on any atom is 0.0849 e. The fourth-order valence-corrected chi connectivity index (χ4v) is 2.10. The Morgan fingerprint density at radius 3 is 2.75 bits per heavy atom. The van der Waals surface area contributed by atoms with Crippen molar-refractivity contribution in [3.8, 4) is 0 Å². The Kier molecular flexibility index (Phi) is 5.25. The van der Waals surface area contributed by atoms with Gasteiger partial charge in [-0.1, -0.05) is 18.5 Å². The van der Waals surface area contributed by atoms with Crippen LogP contribution in [0, 0.1) is 0 Å². The molecular formula is C11H20ClN3O. The van der Waals surface area contributed by atoms with Crippen LogP contribution >= 0.6 is 11.6 Å². The third-order valence-corrected chi connectivity index (χ3v) is 3.07. The van der Waals surface area contributed by atoms with Crippen molar-refractivity contribution < 1.29 is 4.74 Å². The largest absolute Gasteiger partial charge is 0.383 e. The van der Waals surface area contributed by atoms with Crippen LogP contribution in [0.5, 0.6) is 0 Å². The zero-order valence-corrected chi connectivity index (χ0v) is 10.9. The van der Waals surface area contributed by atoms with Gasteiger partial charge in [0.05, 0.1) is 23.0 Å². The van der Waals surface area contributed by atoms with Crippen molar-refractivity contribution in [3.05, 3.63) is 16.4 Å². The predicted molar refractivity (Wildman–Crippen MR) is 65.8 cm³/mol. The maximum atomic E-state index is 6.23. The average Bonchev–Trinajstić information content (AvgIpc) is 2.52. The van der Waals surface area contributed by atoms with Crippen molar-refractivity contribution in [1.29, 1.82) is 0 Å². The summed E-state index contributed by atoms with van der Waals surface area (Å²) in [5.74, 6) is 0. The number of halogens is 1. The monoisotopic (exact) mass is 245 g/mol. The summed E-state index contributed by atoms with van der Waals surface area (Å²) in [4.78, 5) is 0. The first-order valence-electron chi connectivity index (χ1n) is 5.54. The van der Waals surface area contributed by atoms with Crippen LogP contribution in [0.15, 0.2) is 0 Å². The molecule has 0 saturated carbocycles. The minimum atomic E-state index is 0.0565. The number of aromatic nitrogens is 2. The lowest BCUT2D eigenvalue weighted by Gasteiger charge is -2.10. The lowest BCUT2D eigenvalue weighted by molar-refractivity contribution is 0.177. The van der Waals surface area contributed by atoms with Crippen LogP contribution in [0.2, 0.25) is 5.02 Å². The van der Waals surface area contributed by atoms with Gasteiger partial charge in [0.1, 0.15) is 0 Å². The van der Waals surface area contributed by atoms with Crippen LogP contribution in [0.4, 0.5) is 0 Å². The van der Waals surface area contributed by atoms with Gasteiger partial charge in [-0.2, -0.15) is 5.10 Å². The highest BCUT2D eigenvalue weighted by Crippen LogP contribution is 2.22. The molecule has 0 fully saturated rings.